The fourth-order valence-corrected chi connectivity index (χ4v) is 6.99. The van der Waals surface area contributed by atoms with E-state index in [4.69, 9.17) is 27.9 Å². The number of ether oxygens (including phenoxy) is 1. The van der Waals surface area contributed by atoms with Gasteiger partial charge in [0.15, 0.2) is 0 Å². The van der Waals surface area contributed by atoms with Crippen molar-refractivity contribution < 1.29 is 17.9 Å². The minimum Gasteiger partial charge on any atom is -0.493 e. The summed E-state index contributed by atoms with van der Waals surface area (Å²) >= 11 is 12.4. The number of hydrogen-bond donors (Lipinski definition) is 0. The zero-order valence-corrected chi connectivity index (χ0v) is 23.0. The lowest BCUT2D eigenvalue weighted by atomic mass is 9.78. The molecule has 1 fully saturated rings. The van der Waals surface area contributed by atoms with E-state index in [0.29, 0.717) is 31.7 Å². The van der Waals surface area contributed by atoms with Crippen LogP contribution < -0.4 is 4.74 Å². The number of para-hydroxylation sites is 1. The summed E-state index contributed by atoms with van der Waals surface area (Å²) in [7, 11) is -2.17. The first-order valence-electron chi connectivity index (χ1n) is 12.1. The highest BCUT2D eigenvalue weighted by molar-refractivity contribution is 7.89. The first-order chi connectivity index (χ1) is 17.7. The Hall–Kier alpha value is -2.58. The molecule has 6 nitrogen and oxygen atoms in total. The molecule has 0 aliphatic carbocycles. The fraction of sp³-hybridized carbons (Fsp3) is 0.321. The van der Waals surface area contributed by atoms with Crippen molar-refractivity contribution in [2.75, 3.05) is 26.7 Å². The van der Waals surface area contributed by atoms with E-state index >= 15 is 0 Å². The van der Waals surface area contributed by atoms with Crippen LogP contribution in [0, 0.1) is 5.41 Å². The molecule has 196 valence electrons. The van der Waals surface area contributed by atoms with Crippen LogP contribution in [0.25, 0.3) is 0 Å². The van der Waals surface area contributed by atoms with Crippen LogP contribution in [-0.2, 0) is 21.4 Å². The Morgan fingerprint density at radius 3 is 2.38 bits per heavy atom. The van der Waals surface area contributed by atoms with Gasteiger partial charge in [-0.3, -0.25) is 4.79 Å². The van der Waals surface area contributed by atoms with E-state index in [1.807, 2.05) is 60.7 Å². The number of carbonyl (C=O) groups excluding carboxylic acids is 1. The van der Waals surface area contributed by atoms with Crippen LogP contribution >= 0.6 is 23.2 Å². The number of halogens is 2. The second-order valence-electron chi connectivity index (χ2n) is 9.51. The molecule has 9 heteroatoms. The Bertz CT molecular complexity index is 1320. The Morgan fingerprint density at radius 1 is 1.00 bits per heavy atom. The van der Waals surface area contributed by atoms with E-state index < -0.39 is 15.4 Å². The molecular weight excluding hydrogens is 531 g/mol. The maximum atomic E-state index is 13.6. The van der Waals surface area contributed by atoms with Crippen LogP contribution in [0.3, 0.4) is 0 Å². The minimum absolute atomic E-state index is 0.000420. The lowest BCUT2D eigenvalue weighted by Crippen LogP contribution is -2.50. The van der Waals surface area contributed by atoms with Gasteiger partial charge in [0.2, 0.25) is 15.9 Å². The number of carbonyl (C=O) groups is 1. The molecule has 1 atom stereocenters. The van der Waals surface area contributed by atoms with Crippen molar-refractivity contribution in [2.45, 2.75) is 30.7 Å². The third-order valence-corrected chi connectivity index (χ3v) is 9.48. The molecule has 1 saturated heterocycles. The molecule has 0 radical (unpaired) electrons. The van der Waals surface area contributed by atoms with E-state index in [9.17, 15) is 13.2 Å². The molecule has 37 heavy (non-hydrogen) atoms. The topological polar surface area (TPSA) is 66.9 Å². The molecule has 0 aromatic heterocycles. The SMILES string of the molecule is CN(Cc1ccccc1)C(=O)C[C@]1(COc2ccccc2)CCCN(S(=O)(=O)c2cccc(Cl)c2Cl)C1. The summed E-state index contributed by atoms with van der Waals surface area (Å²) in [5, 5.41) is 0.177. The van der Waals surface area contributed by atoms with Crippen LogP contribution in [0.2, 0.25) is 10.0 Å². The van der Waals surface area contributed by atoms with Gasteiger partial charge in [-0.05, 0) is 42.7 Å². The van der Waals surface area contributed by atoms with Crippen molar-refractivity contribution in [3.8, 4) is 5.75 Å². The molecule has 3 aromatic rings. The van der Waals surface area contributed by atoms with E-state index in [1.165, 1.54) is 10.4 Å². The number of hydrogen-bond acceptors (Lipinski definition) is 4. The van der Waals surface area contributed by atoms with E-state index in [-0.39, 0.29) is 40.4 Å². The number of piperidine rings is 1. The third-order valence-electron chi connectivity index (χ3n) is 6.66. The summed E-state index contributed by atoms with van der Waals surface area (Å²) in [6, 6.07) is 23.7. The molecule has 4 rings (SSSR count). The zero-order chi connectivity index (χ0) is 26.5. The van der Waals surface area contributed by atoms with Gasteiger partial charge in [-0.1, -0.05) is 77.8 Å². The van der Waals surface area contributed by atoms with Gasteiger partial charge in [-0.2, -0.15) is 4.31 Å². The molecule has 0 saturated carbocycles. The van der Waals surface area contributed by atoms with Crippen molar-refractivity contribution in [1.82, 2.24) is 9.21 Å². The average molecular weight is 562 g/mol. The lowest BCUT2D eigenvalue weighted by Gasteiger charge is -2.42. The van der Waals surface area contributed by atoms with Gasteiger partial charge in [0.25, 0.3) is 0 Å². The molecule has 0 N–H and O–H groups in total. The molecular formula is C28H30Cl2N2O4S. The summed E-state index contributed by atoms with van der Waals surface area (Å²) in [4.78, 5) is 15.1. The highest BCUT2D eigenvalue weighted by Gasteiger charge is 2.43. The molecule has 0 unspecified atom stereocenters. The van der Waals surface area contributed by atoms with Crippen LogP contribution in [0.15, 0.2) is 83.8 Å². The number of rotatable bonds is 9. The number of amides is 1. The number of benzene rings is 3. The highest BCUT2D eigenvalue weighted by Crippen LogP contribution is 2.39. The molecule has 0 bridgehead atoms. The monoisotopic (exact) mass is 560 g/mol. The molecule has 0 spiro atoms. The normalized spacial score (nSPS) is 18.4. The van der Waals surface area contributed by atoms with Crippen molar-refractivity contribution >= 4 is 39.1 Å². The molecule has 1 aliphatic rings. The second-order valence-corrected chi connectivity index (χ2v) is 12.2. The quantitative estimate of drug-likeness (QED) is 0.327. The van der Waals surface area contributed by atoms with Crippen molar-refractivity contribution in [3.63, 3.8) is 0 Å². The molecule has 1 heterocycles. The third kappa shape index (κ3) is 6.65. The minimum atomic E-state index is -3.94. The molecule has 1 aliphatic heterocycles. The van der Waals surface area contributed by atoms with Gasteiger partial charge < -0.3 is 9.64 Å². The van der Waals surface area contributed by atoms with Crippen LogP contribution in [0.1, 0.15) is 24.8 Å². The van der Waals surface area contributed by atoms with Crippen molar-refractivity contribution in [2.24, 2.45) is 5.41 Å². The highest BCUT2D eigenvalue weighted by atomic mass is 35.5. The van der Waals surface area contributed by atoms with Crippen molar-refractivity contribution in [3.05, 3.63) is 94.5 Å². The Labute approximate surface area is 228 Å². The molecule has 1 amide bonds. The van der Waals surface area contributed by atoms with Crippen LogP contribution in [0.4, 0.5) is 0 Å². The van der Waals surface area contributed by atoms with Crippen molar-refractivity contribution in [1.29, 1.82) is 0 Å². The lowest BCUT2D eigenvalue weighted by molar-refractivity contribution is -0.134. The van der Waals surface area contributed by atoms with Gasteiger partial charge in [0, 0.05) is 38.5 Å². The van der Waals surface area contributed by atoms with Crippen LogP contribution in [0.5, 0.6) is 5.75 Å². The van der Waals surface area contributed by atoms with Gasteiger partial charge >= 0.3 is 0 Å². The zero-order valence-electron chi connectivity index (χ0n) is 20.6. The summed E-state index contributed by atoms with van der Waals surface area (Å²) in [6.45, 7) is 1.13. The standard InChI is InChI=1S/C28H30Cl2N2O4S/c1-31(19-22-10-4-2-5-11-22)26(33)18-28(21-36-23-12-6-3-7-13-23)16-9-17-32(20-28)37(34,35)25-15-8-14-24(29)27(25)30/h2-8,10-15H,9,16-21H2,1H3/t28-/m1/s1. The smallest absolute Gasteiger partial charge is 0.244 e. The summed E-state index contributed by atoms with van der Waals surface area (Å²) in [6.07, 6.45) is 1.39. The Kier molecular flexibility index (Phi) is 8.80. The second kappa shape index (κ2) is 11.9. The predicted octanol–water partition coefficient (Wildman–Crippen LogP) is 5.89. The van der Waals surface area contributed by atoms with Gasteiger partial charge in [-0.15, -0.1) is 0 Å². The Balaban J connectivity index is 1.59. The number of nitrogens with zero attached hydrogens (tertiary/aromatic N) is 2. The first-order valence-corrected chi connectivity index (χ1v) is 14.3. The average Bonchev–Trinajstić information content (AvgIpc) is 2.90. The predicted molar refractivity (Wildman–Crippen MR) is 146 cm³/mol. The summed E-state index contributed by atoms with van der Waals surface area (Å²) < 4.78 is 34.8. The summed E-state index contributed by atoms with van der Waals surface area (Å²) in [5.41, 5.74) is 0.310. The van der Waals surface area contributed by atoms with Gasteiger partial charge in [0.1, 0.15) is 10.6 Å². The van der Waals surface area contributed by atoms with Gasteiger partial charge in [0.05, 0.1) is 16.7 Å². The Morgan fingerprint density at radius 2 is 1.68 bits per heavy atom. The number of sulfonamides is 1. The van der Waals surface area contributed by atoms with E-state index in [0.717, 1.165) is 5.56 Å². The van der Waals surface area contributed by atoms with E-state index in [2.05, 4.69) is 0 Å². The maximum Gasteiger partial charge on any atom is 0.244 e. The fourth-order valence-electron chi connectivity index (χ4n) is 4.66. The first kappa shape index (κ1) is 27.5. The molecule has 3 aromatic carbocycles. The maximum absolute atomic E-state index is 13.6. The van der Waals surface area contributed by atoms with Gasteiger partial charge in [-0.25, -0.2) is 8.42 Å². The van der Waals surface area contributed by atoms with E-state index in [1.54, 1.807) is 24.1 Å². The summed E-state index contributed by atoms with van der Waals surface area (Å²) in [5.74, 6) is 0.602. The van der Waals surface area contributed by atoms with Crippen LogP contribution in [-0.4, -0.2) is 50.3 Å². The largest absolute Gasteiger partial charge is 0.493 e.